The molecule has 0 aromatic heterocycles. The largest absolute Gasteiger partial charge is 0.392 e. The molecule has 0 rings (SSSR count). The van der Waals surface area contributed by atoms with Gasteiger partial charge >= 0.3 is 0 Å². The molecule has 0 aliphatic carbocycles. The molecule has 0 atom stereocenters. The van der Waals surface area contributed by atoms with Crippen molar-refractivity contribution in [2.24, 2.45) is 4.99 Å². The smallest absolute Gasteiger partial charge is 0.0867 e. The monoisotopic (exact) mass is 114 g/mol. The molecule has 0 unspecified atom stereocenters. The van der Waals surface area contributed by atoms with Gasteiger partial charge in [0, 0.05) is 13.2 Å². The van der Waals surface area contributed by atoms with Gasteiger partial charge in [-0.25, -0.2) is 0 Å². The second-order valence-corrected chi connectivity index (χ2v) is 1.24. The predicted octanol–water partition coefficient (Wildman–Crippen LogP) is -0.260. The molecule has 8 heavy (non-hydrogen) atoms. The first-order valence-corrected chi connectivity index (χ1v) is 2.29. The molecule has 0 aromatic carbocycles. The highest BCUT2D eigenvalue weighted by Gasteiger charge is 1.83. The molecule has 0 aliphatic rings. The zero-order valence-corrected chi connectivity index (χ0v) is 4.89. The molecule has 46 valence electrons. The Kier molecular flexibility index (Phi) is 3.88. The lowest BCUT2D eigenvalue weighted by atomic mass is 10.5. The van der Waals surface area contributed by atoms with Crippen molar-refractivity contribution in [2.75, 3.05) is 13.7 Å². The summed E-state index contributed by atoms with van der Waals surface area (Å²) in [5.74, 6) is 0. The Morgan fingerprint density at radius 3 is 2.75 bits per heavy atom. The van der Waals surface area contributed by atoms with Crippen LogP contribution in [0.15, 0.2) is 16.9 Å². The van der Waals surface area contributed by atoms with Gasteiger partial charge in [0.25, 0.3) is 0 Å². The van der Waals surface area contributed by atoms with Crippen LogP contribution in [0.2, 0.25) is 0 Å². The molecule has 3 nitrogen and oxygen atoms in total. The first kappa shape index (κ1) is 7.17. The second kappa shape index (κ2) is 4.33. The predicted molar refractivity (Wildman–Crippen MR) is 33.8 cm³/mol. The highest BCUT2D eigenvalue weighted by molar-refractivity contribution is 5.28. The Bertz CT molecular complexity index is 98.6. The number of nitrogens with zero attached hydrogens (tertiary/aromatic N) is 1. The average molecular weight is 114 g/mol. The van der Waals surface area contributed by atoms with E-state index < -0.39 is 0 Å². The van der Waals surface area contributed by atoms with Crippen LogP contribution in [-0.2, 0) is 0 Å². The first-order valence-electron chi connectivity index (χ1n) is 2.29. The Hall–Kier alpha value is -0.830. The molecule has 0 amide bonds. The highest BCUT2D eigenvalue weighted by atomic mass is 16.3. The topological polar surface area (TPSA) is 44.6 Å². The van der Waals surface area contributed by atoms with E-state index in [0.717, 1.165) is 0 Å². The molecule has 0 saturated heterocycles. The SMILES string of the molecule is C=N/C(=C\NC)CO. The number of aliphatic imine (C=N–C) groups is 1. The lowest BCUT2D eigenvalue weighted by Crippen LogP contribution is -1.97. The van der Waals surface area contributed by atoms with Crippen LogP contribution in [0, 0.1) is 0 Å². The van der Waals surface area contributed by atoms with E-state index >= 15 is 0 Å². The van der Waals surface area contributed by atoms with Crippen LogP contribution in [0.1, 0.15) is 0 Å². The van der Waals surface area contributed by atoms with Crippen molar-refractivity contribution in [3.63, 3.8) is 0 Å². The van der Waals surface area contributed by atoms with E-state index in [1.165, 1.54) is 0 Å². The Labute approximate surface area is 48.7 Å². The van der Waals surface area contributed by atoms with Crippen molar-refractivity contribution < 1.29 is 5.11 Å². The fourth-order valence-electron chi connectivity index (χ4n) is 0.308. The maximum Gasteiger partial charge on any atom is 0.0867 e. The van der Waals surface area contributed by atoms with Gasteiger partial charge in [0.2, 0.25) is 0 Å². The van der Waals surface area contributed by atoms with Crippen molar-refractivity contribution in [3.05, 3.63) is 11.9 Å². The zero-order chi connectivity index (χ0) is 6.41. The van der Waals surface area contributed by atoms with Gasteiger partial charge in [-0.05, 0) is 6.72 Å². The third kappa shape index (κ3) is 2.36. The van der Waals surface area contributed by atoms with Crippen molar-refractivity contribution in [1.29, 1.82) is 0 Å². The van der Waals surface area contributed by atoms with Crippen LogP contribution >= 0.6 is 0 Å². The summed E-state index contributed by atoms with van der Waals surface area (Å²) in [5.41, 5.74) is 0.549. The molecule has 2 N–H and O–H groups in total. The fourth-order valence-corrected chi connectivity index (χ4v) is 0.308. The van der Waals surface area contributed by atoms with Crippen LogP contribution < -0.4 is 5.32 Å². The van der Waals surface area contributed by atoms with E-state index in [4.69, 9.17) is 5.11 Å². The number of hydrogen-bond donors (Lipinski definition) is 2. The molecule has 3 heteroatoms. The molecule has 0 bridgehead atoms. The number of hydrogen-bond acceptors (Lipinski definition) is 3. The molecule has 0 radical (unpaired) electrons. The summed E-state index contributed by atoms with van der Waals surface area (Å²) in [6.07, 6.45) is 1.59. The highest BCUT2D eigenvalue weighted by Crippen LogP contribution is 1.87. The van der Waals surface area contributed by atoms with Gasteiger partial charge in [-0.2, -0.15) is 0 Å². The van der Waals surface area contributed by atoms with E-state index in [9.17, 15) is 0 Å². The molecule has 0 fully saturated rings. The minimum absolute atomic E-state index is 0.0651. The van der Waals surface area contributed by atoms with Crippen LogP contribution in [0.5, 0.6) is 0 Å². The van der Waals surface area contributed by atoms with Gasteiger partial charge in [0.05, 0.1) is 12.3 Å². The Morgan fingerprint density at radius 1 is 2.00 bits per heavy atom. The van der Waals surface area contributed by atoms with Gasteiger partial charge in [0.15, 0.2) is 0 Å². The zero-order valence-electron chi connectivity index (χ0n) is 4.89. The summed E-state index contributed by atoms with van der Waals surface area (Å²) < 4.78 is 0. The standard InChI is InChI=1S/C5H10N2O/c1-6-3-5(4-8)7-2/h3,6,8H,2,4H2,1H3/b5-3-. The third-order valence-electron chi connectivity index (χ3n) is 0.676. The minimum Gasteiger partial charge on any atom is -0.392 e. The minimum atomic E-state index is -0.0651. The fraction of sp³-hybridized carbons (Fsp3) is 0.400. The number of nitrogens with one attached hydrogen (secondary N) is 1. The van der Waals surface area contributed by atoms with E-state index in [2.05, 4.69) is 17.0 Å². The van der Waals surface area contributed by atoms with Crippen molar-refractivity contribution in [2.45, 2.75) is 0 Å². The summed E-state index contributed by atoms with van der Waals surface area (Å²) >= 11 is 0. The molecule has 0 aliphatic heterocycles. The normalized spacial score (nSPS) is 11.0. The van der Waals surface area contributed by atoms with Crippen LogP contribution in [0.25, 0.3) is 0 Å². The third-order valence-corrected chi connectivity index (χ3v) is 0.676. The van der Waals surface area contributed by atoms with Gasteiger partial charge in [0.1, 0.15) is 0 Å². The quantitative estimate of drug-likeness (QED) is 0.496. The number of aliphatic hydroxyl groups is 1. The Morgan fingerprint density at radius 2 is 2.62 bits per heavy atom. The van der Waals surface area contributed by atoms with Crippen molar-refractivity contribution >= 4 is 6.72 Å². The van der Waals surface area contributed by atoms with Gasteiger partial charge in [-0.15, -0.1) is 0 Å². The summed E-state index contributed by atoms with van der Waals surface area (Å²) in [6.45, 7) is 3.17. The summed E-state index contributed by atoms with van der Waals surface area (Å²) in [5, 5.41) is 11.1. The van der Waals surface area contributed by atoms with Crippen molar-refractivity contribution in [3.8, 4) is 0 Å². The molecule has 0 heterocycles. The Balaban J connectivity index is 3.66. The van der Waals surface area contributed by atoms with Crippen LogP contribution in [0.4, 0.5) is 0 Å². The van der Waals surface area contributed by atoms with E-state index in [-0.39, 0.29) is 6.61 Å². The number of aliphatic hydroxyl groups excluding tert-OH is 1. The molecule has 0 aromatic rings. The molecular weight excluding hydrogens is 104 g/mol. The van der Waals surface area contributed by atoms with Crippen molar-refractivity contribution in [1.82, 2.24) is 5.32 Å². The second-order valence-electron chi connectivity index (χ2n) is 1.24. The van der Waals surface area contributed by atoms with Gasteiger partial charge in [-0.3, -0.25) is 4.99 Å². The molecule has 0 saturated carbocycles. The maximum absolute atomic E-state index is 8.42. The number of rotatable bonds is 3. The lowest BCUT2D eigenvalue weighted by Gasteiger charge is -1.91. The molecule has 0 spiro atoms. The lowest BCUT2D eigenvalue weighted by molar-refractivity contribution is 0.329. The van der Waals surface area contributed by atoms with E-state index in [0.29, 0.717) is 5.70 Å². The summed E-state index contributed by atoms with van der Waals surface area (Å²) in [6, 6.07) is 0. The van der Waals surface area contributed by atoms with E-state index in [1.54, 1.807) is 13.2 Å². The first-order chi connectivity index (χ1) is 3.85. The maximum atomic E-state index is 8.42. The molecular formula is C5H10N2O. The van der Waals surface area contributed by atoms with Gasteiger partial charge < -0.3 is 10.4 Å². The summed E-state index contributed by atoms with van der Waals surface area (Å²) in [4.78, 5) is 3.49. The summed E-state index contributed by atoms with van der Waals surface area (Å²) in [7, 11) is 1.74. The van der Waals surface area contributed by atoms with Crippen LogP contribution in [-0.4, -0.2) is 25.5 Å². The average Bonchev–Trinajstić information content (AvgIpc) is 1.83. The van der Waals surface area contributed by atoms with E-state index in [1.807, 2.05) is 0 Å². The van der Waals surface area contributed by atoms with Crippen LogP contribution in [0.3, 0.4) is 0 Å². The van der Waals surface area contributed by atoms with Gasteiger partial charge in [-0.1, -0.05) is 0 Å².